The number of anilines is 1. The van der Waals surface area contributed by atoms with Crippen molar-refractivity contribution in [3.05, 3.63) is 71.6 Å². The number of hydrogen-bond donors (Lipinski definition) is 3. The van der Waals surface area contributed by atoms with Gasteiger partial charge in [-0.05, 0) is 38.0 Å². The number of aliphatic hydroxyl groups is 1. The van der Waals surface area contributed by atoms with E-state index in [1.807, 2.05) is 42.5 Å². The summed E-state index contributed by atoms with van der Waals surface area (Å²) in [4.78, 5) is 16.6. The fraction of sp³-hybridized carbons (Fsp3) is 0.321. The molecule has 1 saturated heterocycles. The number of aromatic nitrogens is 1. The van der Waals surface area contributed by atoms with Gasteiger partial charge in [0, 0.05) is 35.4 Å². The lowest BCUT2D eigenvalue weighted by molar-refractivity contribution is -0.118. The molecule has 0 amide bonds. The molecule has 1 aliphatic heterocycles. The Labute approximate surface area is 220 Å². The number of hydrogen-bond acceptors (Lipinski definition) is 5. The molecule has 11 heteroatoms. The fourth-order valence-corrected chi connectivity index (χ4v) is 5.19. The van der Waals surface area contributed by atoms with Gasteiger partial charge >= 0.3 is 0 Å². The summed E-state index contributed by atoms with van der Waals surface area (Å²) < 4.78 is 75.8. The molecule has 3 N–H and O–H groups in total. The number of Topliss-reactive ketones (excluding diaryl/α,β-unsaturated/α-hetero) is 1. The van der Waals surface area contributed by atoms with E-state index in [4.69, 9.17) is 4.74 Å². The maximum Gasteiger partial charge on any atom is 0.200 e. The van der Waals surface area contributed by atoms with Crippen LogP contribution in [0.3, 0.4) is 0 Å². The first-order valence-electron chi connectivity index (χ1n) is 12.5. The number of halogens is 5. The van der Waals surface area contributed by atoms with Crippen molar-refractivity contribution in [3.63, 3.8) is 0 Å². The van der Waals surface area contributed by atoms with Gasteiger partial charge in [0.15, 0.2) is 29.1 Å². The van der Waals surface area contributed by atoms with Crippen LogP contribution in [0.25, 0.3) is 21.8 Å². The molecule has 206 valence electrons. The minimum absolute atomic E-state index is 0.0227. The van der Waals surface area contributed by atoms with E-state index in [0.29, 0.717) is 5.75 Å². The van der Waals surface area contributed by atoms with Crippen LogP contribution < -0.4 is 15.0 Å². The zero-order valence-electron chi connectivity index (χ0n) is 20.9. The summed E-state index contributed by atoms with van der Waals surface area (Å²) >= 11 is 0. The average molecular weight is 548 g/mol. The van der Waals surface area contributed by atoms with Crippen LogP contribution in [-0.4, -0.2) is 53.8 Å². The number of aliphatic hydroxyl groups excluding tert-OH is 1. The molecule has 1 aliphatic rings. The van der Waals surface area contributed by atoms with E-state index in [0.717, 1.165) is 26.7 Å². The summed E-state index contributed by atoms with van der Waals surface area (Å²) in [7, 11) is 0. The van der Waals surface area contributed by atoms with Crippen LogP contribution in [0.2, 0.25) is 0 Å². The molecule has 0 saturated carbocycles. The molecule has 4 aromatic rings. The largest absolute Gasteiger partial charge is 0.490 e. The third-order valence-electron chi connectivity index (χ3n) is 7.11. The summed E-state index contributed by atoms with van der Waals surface area (Å²) in [5.41, 5.74) is 0.755. The van der Waals surface area contributed by atoms with Crippen LogP contribution in [0.15, 0.2) is 42.5 Å². The second-order valence-corrected chi connectivity index (χ2v) is 9.68. The number of ether oxygens (including phenoxy) is 1. The zero-order valence-corrected chi connectivity index (χ0v) is 20.9. The molecule has 1 aromatic heterocycles. The molecule has 3 atom stereocenters. The van der Waals surface area contributed by atoms with Crippen LogP contribution >= 0.6 is 0 Å². The van der Waals surface area contributed by atoms with Crippen molar-refractivity contribution in [1.29, 1.82) is 0 Å². The first-order chi connectivity index (χ1) is 18.7. The van der Waals surface area contributed by atoms with Gasteiger partial charge in [0.05, 0.1) is 11.6 Å². The number of carbonyl (C=O) groups is 1. The number of ketones is 1. The van der Waals surface area contributed by atoms with Gasteiger partial charge in [-0.3, -0.25) is 4.79 Å². The van der Waals surface area contributed by atoms with Crippen molar-refractivity contribution in [2.75, 3.05) is 24.6 Å². The first-order valence-corrected chi connectivity index (χ1v) is 12.5. The Morgan fingerprint density at radius 2 is 1.69 bits per heavy atom. The highest BCUT2D eigenvalue weighted by atomic mass is 19.2. The second kappa shape index (κ2) is 10.8. The lowest BCUT2D eigenvalue weighted by Crippen LogP contribution is -2.53. The monoisotopic (exact) mass is 547 g/mol. The van der Waals surface area contributed by atoms with Crippen molar-refractivity contribution in [3.8, 4) is 5.75 Å². The van der Waals surface area contributed by atoms with E-state index in [1.54, 1.807) is 0 Å². The highest BCUT2D eigenvalue weighted by Gasteiger charge is 2.37. The molecule has 6 nitrogen and oxygen atoms in total. The number of nitrogens with one attached hydrogen (secondary N) is 2. The van der Waals surface area contributed by atoms with Gasteiger partial charge in [0.1, 0.15) is 24.1 Å². The number of aromatic amines is 1. The smallest absolute Gasteiger partial charge is 0.200 e. The number of nitrogens with zero attached hydrogens (tertiary/aromatic N) is 1. The Kier molecular flexibility index (Phi) is 7.46. The Bertz CT molecular complexity index is 1510. The normalized spacial score (nSPS) is 18.6. The summed E-state index contributed by atoms with van der Waals surface area (Å²) in [6, 6.07) is 11.9. The molecular formula is C28H26F5N3O3. The highest BCUT2D eigenvalue weighted by Crippen LogP contribution is 2.35. The van der Waals surface area contributed by atoms with Gasteiger partial charge in [-0.2, -0.15) is 0 Å². The summed E-state index contributed by atoms with van der Waals surface area (Å²) in [6.07, 6.45) is -0.628. The maximum absolute atomic E-state index is 14.4. The van der Waals surface area contributed by atoms with Gasteiger partial charge in [0.2, 0.25) is 5.82 Å². The quantitative estimate of drug-likeness (QED) is 0.165. The molecule has 0 aliphatic carbocycles. The molecule has 0 radical (unpaired) electrons. The predicted octanol–water partition coefficient (Wildman–Crippen LogP) is 4.97. The number of piperidine rings is 1. The Balaban J connectivity index is 1.23. The van der Waals surface area contributed by atoms with Crippen LogP contribution in [-0.2, 0) is 4.79 Å². The van der Waals surface area contributed by atoms with Gasteiger partial charge < -0.3 is 25.0 Å². The lowest BCUT2D eigenvalue weighted by atomic mass is 9.93. The van der Waals surface area contributed by atoms with Gasteiger partial charge in [-0.25, -0.2) is 22.0 Å². The molecule has 3 aromatic carbocycles. The number of benzene rings is 3. The molecule has 5 rings (SSSR count). The number of H-pyrrole nitrogens is 1. The van der Waals surface area contributed by atoms with Crippen LogP contribution in [0.5, 0.6) is 5.75 Å². The molecule has 0 spiro atoms. The van der Waals surface area contributed by atoms with E-state index in [9.17, 15) is 31.9 Å². The van der Waals surface area contributed by atoms with E-state index in [2.05, 4.69) is 10.3 Å². The number of carbonyl (C=O) groups excluding carboxylic acids is 1. The minimum Gasteiger partial charge on any atom is -0.490 e. The molecule has 0 bridgehead atoms. The Morgan fingerprint density at radius 3 is 2.41 bits per heavy atom. The second-order valence-electron chi connectivity index (χ2n) is 9.68. The van der Waals surface area contributed by atoms with Crippen molar-refractivity contribution in [2.24, 2.45) is 0 Å². The summed E-state index contributed by atoms with van der Waals surface area (Å²) in [5.74, 6) is -10.2. The van der Waals surface area contributed by atoms with Crippen molar-refractivity contribution >= 4 is 33.3 Å². The highest BCUT2D eigenvalue weighted by molar-refractivity contribution is 6.10. The standard InChI is InChI=1S/C28H26F5N3O3/c1-14(37)20-11-15(9-10-36(20)28-26(32)24(30)23(29)25(31)27(28)33)34-12-16(38)13-39-21-8-4-7-19-22(21)17-5-2-3-6-18(17)35-19/h2-8,15-16,20,34-35,38H,9-13H2,1H3. The summed E-state index contributed by atoms with van der Waals surface area (Å²) in [6.45, 7) is 1.14. The predicted molar refractivity (Wildman–Crippen MR) is 136 cm³/mol. The van der Waals surface area contributed by atoms with Crippen molar-refractivity contribution < 1.29 is 36.6 Å². The van der Waals surface area contributed by atoms with Crippen LogP contribution in [0.4, 0.5) is 27.6 Å². The number of para-hydroxylation sites is 1. The van der Waals surface area contributed by atoms with Crippen molar-refractivity contribution in [1.82, 2.24) is 10.3 Å². The zero-order chi connectivity index (χ0) is 27.8. The third kappa shape index (κ3) is 5.04. The SMILES string of the molecule is CC(=O)C1CC(NCC(O)COc2cccc3[nH]c4ccccc4c23)CCN1c1c(F)c(F)c(F)c(F)c1F. The lowest BCUT2D eigenvalue weighted by Gasteiger charge is -2.40. The van der Waals surface area contributed by atoms with E-state index in [1.165, 1.54) is 6.92 Å². The first kappa shape index (κ1) is 26.9. The number of rotatable bonds is 8. The summed E-state index contributed by atoms with van der Waals surface area (Å²) in [5, 5.41) is 15.6. The molecular weight excluding hydrogens is 521 g/mol. The molecule has 39 heavy (non-hydrogen) atoms. The topological polar surface area (TPSA) is 77.6 Å². The van der Waals surface area contributed by atoms with E-state index < -0.39 is 52.7 Å². The average Bonchev–Trinajstić information content (AvgIpc) is 3.32. The van der Waals surface area contributed by atoms with Crippen molar-refractivity contribution in [2.45, 2.75) is 38.0 Å². The molecule has 3 unspecified atom stereocenters. The molecule has 1 fully saturated rings. The van der Waals surface area contributed by atoms with E-state index in [-0.39, 0.29) is 38.6 Å². The van der Waals surface area contributed by atoms with Gasteiger partial charge in [-0.15, -0.1) is 0 Å². The minimum atomic E-state index is -2.25. The Hall–Kier alpha value is -3.70. The van der Waals surface area contributed by atoms with Gasteiger partial charge in [0.25, 0.3) is 0 Å². The Morgan fingerprint density at radius 1 is 1.03 bits per heavy atom. The fourth-order valence-electron chi connectivity index (χ4n) is 5.19. The van der Waals surface area contributed by atoms with Crippen LogP contribution in [0, 0.1) is 29.1 Å². The maximum atomic E-state index is 14.4. The number of fused-ring (bicyclic) bond motifs is 3. The van der Waals surface area contributed by atoms with Crippen LogP contribution in [0.1, 0.15) is 19.8 Å². The van der Waals surface area contributed by atoms with E-state index >= 15 is 0 Å². The van der Waals surface area contributed by atoms with Gasteiger partial charge in [-0.1, -0.05) is 24.3 Å². The molecule has 2 heterocycles. The third-order valence-corrected chi connectivity index (χ3v) is 7.11.